The summed E-state index contributed by atoms with van der Waals surface area (Å²) in [6.45, 7) is 3.69. The third kappa shape index (κ3) is 1.51. The molecule has 0 aromatic heterocycles. The Morgan fingerprint density at radius 3 is 2.71 bits per heavy atom. The van der Waals surface area contributed by atoms with Gasteiger partial charge in [-0.05, 0) is 37.7 Å². The SMILES string of the molecule is CC1=C(F)C2CCC(C)CC2C=C1F. The van der Waals surface area contributed by atoms with Crippen molar-refractivity contribution in [2.75, 3.05) is 0 Å². The second-order valence-electron chi connectivity index (χ2n) is 4.68. The van der Waals surface area contributed by atoms with E-state index in [9.17, 15) is 8.78 Å². The zero-order valence-electron chi connectivity index (χ0n) is 8.69. The average Bonchev–Trinajstić information content (AvgIpc) is 2.14. The predicted octanol–water partition coefficient (Wildman–Crippen LogP) is 4.15. The molecule has 0 N–H and O–H groups in total. The third-order valence-electron chi connectivity index (χ3n) is 3.56. The first-order valence-corrected chi connectivity index (χ1v) is 5.33. The molecule has 0 radical (unpaired) electrons. The lowest BCUT2D eigenvalue weighted by Gasteiger charge is -2.35. The summed E-state index contributed by atoms with van der Waals surface area (Å²) in [6.07, 6.45) is 4.49. The second-order valence-corrected chi connectivity index (χ2v) is 4.68. The standard InChI is InChI=1S/C12H16F2/c1-7-3-4-10-9(5-7)6-11(13)8(2)12(10)14/h6-7,9-10H,3-5H2,1-2H3. The minimum absolute atomic E-state index is 0.0364. The van der Waals surface area contributed by atoms with Gasteiger partial charge in [0.1, 0.15) is 11.7 Å². The van der Waals surface area contributed by atoms with Gasteiger partial charge in [0.2, 0.25) is 0 Å². The summed E-state index contributed by atoms with van der Waals surface area (Å²) in [7, 11) is 0. The molecule has 0 aromatic carbocycles. The van der Waals surface area contributed by atoms with E-state index in [4.69, 9.17) is 0 Å². The third-order valence-corrected chi connectivity index (χ3v) is 3.56. The number of rotatable bonds is 0. The van der Waals surface area contributed by atoms with E-state index in [1.807, 2.05) is 0 Å². The average molecular weight is 198 g/mol. The molecular formula is C12H16F2. The van der Waals surface area contributed by atoms with Crippen LogP contribution in [0.25, 0.3) is 0 Å². The van der Waals surface area contributed by atoms with Crippen LogP contribution < -0.4 is 0 Å². The molecule has 1 saturated carbocycles. The van der Waals surface area contributed by atoms with Gasteiger partial charge in [0, 0.05) is 11.5 Å². The van der Waals surface area contributed by atoms with Crippen LogP contribution in [-0.4, -0.2) is 0 Å². The molecule has 78 valence electrons. The minimum atomic E-state index is -0.349. The smallest absolute Gasteiger partial charge is 0.125 e. The lowest BCUT2D eigenvalue weighted by Crippen LogP contribution is -2.26. The molecule has 0 aromatic rings. The molecule has 0 nitrogen and oxygen atoms in total. The van der Waals surface area contributed by atoms with Crippen molar-refractivity contribution in [1.82, 2.24) is 0 Å². The summed E-state index contributed by atoms with van der Waals surface area (Å²) in [4.78, 5) is 0. The van der Waals surface area contributed by atoms with Gasteiger partial charge in [-0.2, -0.15) is 0 Å². The molecule has 2 aliphatic rings. The number of fused-ring (bicyclic) bond motifs is 1. The Morgan fingerprint density at radius 1 is 1.29 bits per heavy atom. The van der Waals surface area contributed by atoms with E-state index in [0.717, 1.165) is 19.3 Å². The summed E-state index contributed by atoms with van der Waals surface area (Å²) in [5.41, 5.74) is 0.223. The first kappa shape index (κ1) is 9.88. The Labute approximate surface area is 83.7 Å². The topological polar surface area (TPSA) is 0 Å². The normalized spacial score (nSPS) is 38.0. The zero-order chi connectivity index (χ0) is 10.3. The Bertz CT molecular complexity index is 301. The first-order valence-electron chi connectivity index (χ1n) is 5.33. The van der Waals surface area contributed by atoms with Crippen LogP contribution in [0, 0.1) is 17.8 Å². The van der Waals surface area contributed by atoms with E-state index in [2.05, 4.69) is 6.92 Å². The van der Waals surface area contributed by atoms with Crippen molar-refractivity contribution < 1.29 is 8.78 Å². The highest BCUT2D eigenvalue weighted by Gasteiger charge is 2.35. The van der Waals surface area contributed by atoms with Crippen molar-refractivity contribution >= 4 is 0 Å². The predicted molar refractivity (Wildman–Crippen MR) is 53.0 cm³/mol. The van der Waals surface area contributed by atoms with Crippen molar-refractivity contribution in [1.29, 1.82) is 0 Å². The minimum Gasteiger partial charge on any atom is -0.211 e. The summed E-state index contributed by atoms with van der Waals surface area (Å²) in [5.74, 6) is 0.111. The fourth-order valence-electron chi connectivity index (χ4n) is 2.63. The molecule has 0 aliphatic heterocycles. The molecule has 2 aliphatic carbocycles. The van der Waals surface area contributed by atoms with Crippen LogP contribution >= 0.6 is 0 Å². The van der Waals surface area contributed by atoms with E-state index in [1.165, 1.54) is 6.92 Å². The molecule has 14 heavy (non-hydrogen) atoms. The fourth-order valence-corrected chi connectivity index (χ4v) is 2.63. The van der Waals surface area contributed by atoms with Crippen LogP contribution in [0.4, 0.5) is 8.78 Å². The quantitative estimate of drug-likeness (QED) is 0.548. The monoisotopic (exact) mass is 198 g/mol. The molecule has 0 saturated heterocycles. The molecule has 0 heterocycles. The van der Waals surface area contributed by atoms with E-state index >= 15 is 0 Å². The van der Waals surface area contributed by atoms with Crippen molar-refractivity contribution in [2.24, 2.45) is 17.8 Å². The Balaban J connectivity index is 2.27. The van der Waals surface area contributed by atoms with Crippen LogP contribution in [0.3, 0.4) is 0 Å². The van der Waals surface area contributed by atoms with Crippen LogP contribution in [-0.2, 0) is 0 Å². The molecule has 0 amide bonds. The molecule has 1 fully saturated rings. The fraction of sp³-hybridized carbons (Fsp3) is 0.667. The highest BCUT2D eigenvalue weighted by molar-refractivity contribution is 5.33. The maximum Gasteiger partial charge on any atom is 0.125 e. The van der Waals surface area contributed by atoms with Crippen LogP contribution in [0.15, 0.2) is 23.3 Å². The maximum atomic E-state index is 13.7. The number of hydrogen-bond donors (Lipinski definition) is 0. The van der Waals surface area contributed by atoms with Crippen molar-refractivity contribution in [3.8, 4) is 0 Å². The number of hydrogen-bond acceptors (Lipinski definition) is 0. The van der Waals surface area contributed by atoms with Crippen molar-refractivity contribution in [3.05, 3.63) is 23.3 Å². The Morgan fingerprint density at radius 2 is 2.00 bits per heavy atom. The first-order chi connectivity index (χ1) is 6.59. The molecule has 0 bridgehead atoms. The van der Waals surface area contributed by atoms with E-state index in [-0.39, 0.29) is 29.1 Å². The molecule has 3 atom stereocenters. The molecular weight excluding hydrogens is 182 g/mol. The van der Waals surface area contributed by atoms with Gasteiger partial charge < -0.3 is 0 Å². The van der Waals surface area contributed by atoms with Crippen molar-refractivity contribution in [3.63, 3.8) is 0 Å². The van der Waals surface area contributed by atoms with E-state index < -0.39 is 0 Å². The lowest BCUT2D eigenvalue weighted by molar-refractivity contribution is 0.220. The number of halogens is 2. The number of allylic oxidation sites excluding steroid dienone is 4. The second kappa shape index (κ2) is 3.48. The Hall–Kier alpha value is -0.660. The molecule has 2 rings (SSSR count). The lowest BCUT2D eigenvalue weighted by atomic mass is 9.71. The van der Waals surface area contributed by atoms with Crippen LogP contribution in [0.5, 0.6) is 0 Å². The van der Waals surface area contributed by atoms with Gasteiger partial charge in [0.15, 0.2) is 0 Å². The van der Waals surface area contributed by atoms with Gasteiger partial charge in [0.05, 0.1) is 0 Å². The summed E-state index contributed by atoms with van der Waals surface area (Å²) in [6, 6.07) is 0. The van der Waals surface area contributed by atoms with E-state index in [0.29, 0.717) is 5.92 Å². The summed E-state index contributed by atoms with van der Waals surface area (Å²) in [5, 5.41) is 0. The van der Waals surface area contributed by atoms with Gasteiger partial charge in [-0.1, -0.05) is 13.3 Å². The van der Waals surface area contributed by atoms with Gasteiger partial charge in [-0.3, -0.25) is 0 Å². The maximum absolute atomic E-state index is 13.7. The summed E-state index contributed by atoms with van der Waals surface area (Å²) < 4.78 is 27.0. The zero-order valence-corrected chi connectivity index (χ0v) is 8.69. The highest BCUT2D eigenvalue weighted by atomic mass is 19.1. The van der Waals surface area contributed by atoms with Crippen LogP contribution in [0.2, 0.25) is 0 Å². The van der Waals surface area contributed by atoms with Gasteiger partial charge in [-0.15, -0.1) is 0 Å². The van der Waals surface area contributed by atoms with Crippen LogP contribution in [0.1, 0.15) is 33.1 Å². The molecule has 0 spiro atoms. The molecule has 2 heteroatoms. The Kier molecular flexibility index (Phi) is 2.46. The molecule has 3 unspecified atom stereocenters. The van der Waals surface area contributed by atoms with Crippen molar-refractivity contribution in [2.45, 2.75) is 33.1 Å². The van der Waals surface area contributed by atoms with Gasteiger partial charge in [0.25, 0.3) is 0 Å². The van der Waals surface area contributed by atoms with Gasteiger partial charge in [-0.25, -0.2) is 8.78 Å². The highest BCUT2D eigenvalue weighted by Crippen LogP contribution is 2.44. The van der Waals surface area contributed by atoms with E-state index in [1.54, 1.807) is 6.08 Å². The largest absolute Gasteiger partial charge is 0.211 e. The summed E-state index contributed by atoms with van der Waals surface area (Å²) >= 11 is 0. The van der Waals surface area contributed by atoms with Gasteiger partial charge >= 0.3 is 0 Å².